The van der Waals surface area contributed by atoms with Crippen LogP contribution in [0, 0.1) is 4.64 Å². The second kappa shape index (κ2) is 10.4. The van der Waals surface area contributed by atoms with E-state index in [0.29, 0.717) is 16.8 Å². The number of pyridine rings is 1. The molecule has 0 saturated heterocycles. The third kappa shape index (κ3) is 6.00. The summed E-state index contributed by atoms with van der Waals surface area (Å²) in [5, 5.41) is 0. The Bertz CT molecular complexity index is 787. The third-order valence-electron chi connectivity index (χ3n) is 3.74. The zero-order valence-electron chi connectivity index (χ0n) is 14.7. The highest BCUT2D eigenvalue weighted by Crippen LogP contribution is 2.13. The van der Waals surface area contributed by atoms with Crippen molar-refractivity contribution in [1.82, 2.24) is 15.8 Å². The highest BCUT2D eigenvalue weighted by atomic mass is 32.1. The Morgan fingerprint density at radius 3 is 2.46 bits per heavy atom. The zero-order chi connectivity index (χ0) is 18.8. The maximum Gasteiger partial charge on any atom is 0.272 e. The highest BCUT2D eigenvalue weighted by Gasteiger charge is 2.10. The summed E-state index contributed by atoms with van der Waals surface area (Å²) in [4.78, 5) is 26.9. The summed E-state index contributed by atoms with van der Waals surface area (Å²) in [5.41, 5.74) is 5.43. The Balaban J connectivity index is 1.81. The van der Waals surface area contributed by atoms with Gasteiger partial charge in [-0.3, -0.25) is 20.4 Å². The molecule has 2 rings (SSSR count). The average Bonchev–Trinajstić information content (AvgIpc) is 2.66. The predicted molar refractivity (Wildman–Crippen MR) is 103 cm³/mol. The Kier molecular flexibility index (Phi) is 7.82. The van der Waals surface area contributed by atoms with Gasteiger partial charge in [-0.05, 0) is 42.8 Å². The van der Waals surface area contributed by atoms with E-state index in [1.807, 2.05) is 0 Å². The summed E-state index contributed by atoms with van der Waals surface area (Å²) in [6, 6.07) is 10.0. The molecular weight excluding hydrogens is 350 g/mol. The average molecular weight is 373 g/mol. The molecule has 0 aliphatic rings. The summed E-state index contributed by atoms with van der Waals surface area (Å²) in [5.74, 6) is -0.177. The second-order valence-electron chi connectivity index (χ2n) is 5.75. The number of aromatic nitrogens is 1. The van der Waals surface area contributed by atoms with Gasteiger partial charge in [-0.25, -0.2) is 0 Å². The van der Waals surface area contributed by atoms with Crippen molar-refractivity contribution in [2.45, 2.75) is 32.6 Å². The van der Waals surface area contributed by atoms with Crippen molar-refractivity contribution in [3.63, 3.8) is 0 Å². The number of rotatable bonds is 8. The van der Waals surface area contributed by atoms with Crippen LogP contribution in [0.1, 0.15) is 53.3 Å². The van der Waals surface area contributed by atoms with Gasteiger partial charge in [-0.1, -0.05) is 38.4 Å². The number of benzene rings is 1. The van der Waals surface area contributed by atoms with Crippen molar-refractivity contribution >= 4 is 24.0 Å². The second-order valence-corrected chi connectivity index (χ2v) is 6.16. The number of hydrazine groups is 1. The van der Waals surface area contributed by atoms with E-state index in [1.165, 1.54) is 12.8 Å². The van der Waals surface area contributed by atoms with Crippen LogP contribution in [0.4, 0.5) is 0 Å². The molecule has 7 heteroatoms. The Morgan fingerprint density at radius 1 is 1.04 bits per heavy atom. The van der Waals surface area contributed by atoms with E-state index in [-0.39, 0.29) is 5.56 Å². The van der Waals surface area contributed by atoms with Crippen LogP contribution >= 0.6 is 12.2 Å². The Labute approximate surface area is 157 Å². The summed E-state index contributed by atoms with van der Waals surface area (Å²) in [7, 11) is 0. The molecule has 2 amide bonds. The van der Waals surface area contributed by atoms with Gasteiger partial charge in [-0.2, -0.15) is 0 Å². The van der Waals surface area contributed by atoms with Crippen molar-refractivity contribution in [2.24, 2.45) is 0 Å². The number of nitrogens with one attached hydrogen (secondary N) is 3. The number of amides is 2. The minimum Gasteiger partial charge on any atom is -0.494 e. The molecule has 2 aromatic rings. The molecule has 6 nitrogen and oxygen atoms in total. The van der Waals surface area contributed by atoms with Crippen molar-refractivity contribution in [1.29, 1.82) is 0 Å². The lowest BCUT2D eigenvalue weighted by atomic mass is 10.2. The largest absolute Gasteiger partial charge is 0.494 e. The van der Waals surface area contributed by atoms with E-state index >= 15 is 0 Å². The number of aromatic amines is 1. The fourth-order valence-corrected chi connectivity index (χ4v) is 2.50. The van der Waals surface area contributed by atoms with Crippen LogP contribution < -0.4 is 15.6 Å². The van der Waals surface area contributed by atoms with E-state index in [0.717, 1.165) is 18.6 Å². The van der Waals surface area contributed by atoms with Gasteiger partial charge in [0.25, 0.3) is 11.8 Å². The standard InChI is InChI=1S/C19H23N3O3S/c1-2-3-4-5-13-25-15-10-8-14(9-11-15)17(23)21-22-18(24)16-7-6-12-20-19(16)26/h6-12H,2-5,13H2,1H3,(H,20,26)(H,21,23)(H,22,24). The molecule has 0 fully saturated rings. The summed E-state index contributed by atoms with van der Waals surface area (Å²) >= 11 is 5.03. The summed E-state index contributed by atoms with van der Waals surface area (Å²) in [6.07, 6.45) is 6.20. The molecule has 0 saturated carbocycles. The minimum atomic E-state index is -0.479. The molecule has 0 radical (unpaired) electrons. The zero-order valence-corrected chi connectivity index (χ0v) is 15.5. The van der Waals surface area contributed by atoms with Crippen LogP contribution in [0.3, 0.4) is 0 Å². The van der Waals surface area contributed by atoms with Crippen molar-refractivity contribution in [3.8, 4) is 5.75 Å². The molecule has 3 N–H and O–H groups in total. The molecule has 0 aliphatic carbocycles. The molecule has 0 atom stereocenters. The molecule has 1 aromatic heterocycles. The highest BCUT2D eigenvalue weighted by molar-refractivity contribution is 7.71. The van der Waals surface area contributed by atoms with Gasteiger partial charge in [0.2, 0.25) is 0 Å². The van der Waals surface area contributed by atoms with E-state index < -0.39 is 11.8 Å². The summed E-state index contributed by atoms with van der Waals surface area (Å²) < 4.78 is 5.95. The molecule has 0 spiro atoms. The maximum atomic E-state index is 12.1. The van der Waals surface area contributed by atoms with Crippen molar-refractivity contribution in [3.05, 3.63) is 58.4 Å². The quantitative estimate of drug-likeness (QED) is 0.374. The lowest BCUT2D eigenvalue weighted by Gasteiger charge is -2.09. The van der Waals surface area contributed by atoms with Crippen LogP contribution in [0.5, 0.6) is 5.75 Å². The first-order chi connectivity index (χ1) is 12.6. The number of ether oxygens (including phenoxy) is 1. The van der Waals surface area contributed by atoms with Gasteiger partial charge in [0.15, 0.2) is 0 Å². The number of hydrogen-bond acceptors (Lipinski definition) is 4. The van der Waals surface area contributed by atoms with Crippen molar-refractivity contribution < 1.29 is 14.3 Å². The Morgan fingerprint density at radius 2 is 1.77 bits per heavy atom. The van der Waals surface area contributed by atoms with Crippen LogP contribution in [-0.2, 0) is 0 Å². The Hall–Kier alpha value is -2.67. The monoisotopic (exact) mass is 373 g/mol. The van der Waals surface area contributed by atoms with E-state index in [1.54, 1.807) is 42.6 Å². The number of H-pyrrole nitrogens is 1. The fourth-order valence-electron chi connectivity index (χ4n) is 2.27. The van der Waals surface area contributed by atoms with Crippen LogP contribution in [0.15, 0.2) is 42.6 Å². The lowest BCUT2D eigenvalue weighted by molar-refractivity contribution is 0.0846. The molecule has 0 bridgehead atoms. The van der Waals surface area contributed by atoms with E-state index in [4.69, 9.17) is 17.0 Å². The van der Waals surface area contributed by atoms with Crippen molar-refractivity contribution in [2.75, 3.05) is 6.61 Å². The number of hydrogen-bond donors (Lipinski definition) is 3. The van der Waals surface area contributed by atoms with Gasteiger partial charge >= 0.3 is 0 Å². The minimum absolute atomic E-state index is 0.287. The lowest BCUT2D eigenvalue weighted by Crippen LogP contribution is -2.41. The number of carbonyl (C=O) groups is 2. The number of unbranched alkanes of at least 4 members (excludes halogenated alkanes) is 3. The molecule has 1 aromatic carbocycles. The molecular formula is C19H23N3O3S. The molecule has 0 aliphatic heterocycles. The van der Waals surface area contributed by atoms with Gasteiger partial charge in [0.05, 0.1) is 12.2 Å². The van der Waals surface area contributed by atoms with Gasteiger partial charge in [0, 0.05) is 11.8 Å². The molecule has 26 heavy (non-hydrogen) atoms. The van der Waals surface area contributed by atoms with Crippen LogP contribution in [0.2, 0.25) is 0 Å². The first-order valence-corrected chi connectivity index (χ1v) is 9.04. The third-order valence-corrected chi connectivity index (χ3v) is 4.07. The molecule has 138 valence electrons. The number of carbonyl (C=O) groups excluding carboxylic acids is 2. The predicted octanol–water partition coefficient (Wildman–Crippen LogP) is 3.78. The SMILES string of the molecule is CCCCCCOc1ccc(C(=O)NNC(=O)c2ccc[nH]c2=S)cc1. The van der Waals surface area contributed by atoms with Gasteiger partial charge in [-0.15, -0.1) is 0 Å². The summed E-state index contributed by atoms with van der Waals surface area (Å²) in [6.45, 7) is 2.83. The molecule has 0 unspecified atom stereocenters. The van der Waals surface area contributed by atoms with Crippen LogP contribution in [0.25, 0.3) is 0 Å². The topological polar surface area (TPSA) is 83.2 Å². The first kappa shape index (κ1) is 19.7. The van der Waals surface area contributed by atoms with Gasteiger partial charge in [0.1, 0.15) is 10.4 Å². The van der Waals surface area contributed by atoms with Crippen LogP contribution in [-0.4, -0.2) is 23.4 Å². The van der Waals surface area contributed by atoms with Gasteiger partial charge < -0.3 is 9.72 Å². The van der Waals surface area contributed by atoms with E-state index in [9.17, 15) is 9.59 Å². The normalized spacial score (nSPS) is 10.2. The van der Waals surface area contributed by atoms with E-state index in [2.05, 4.69) is 22.8 Å². The maximum absolute atomic E-state index is 12.1. The first-order valence-electron chi connectivity index (χ1n) is 8.63. The fraction of sp³-hybridized carbons (Fsp3) is 0.316. The molecule has 1 heterocycles. The smallest absolute Gasteiger partial charge is 0.272 e.